The summed E-state index contributed by atoms with van der Waals surface area (Å²) in [4.78, 5) is 24.3. The Balaban J connectivity index is 1.94. The zero-order valence-corrected chi connectivity index (χ0v) is 22.7. The highest BCUT2D eigenvalue weighted by Crippen LogP contribution is 2.38. The molecule has 0 aromatic heterocycles. The van der Waals surface area contributed by atoms with Crippen LogP contribution in [0.5, 0.6) is 0 Å². The van der Waals surface area contributed by atoms with Crippen molar-refractivity contribution in [3.63, 3.8) is 0 Å². The van der Waals surface area contributed by atoms with E-state index in [-0.39, 0.29) is 0 Å². The van der Waals surface area contributed by atoms with Gasteiger partial charge in [-0.1, -0.05) is 0 Å². The van der Waals surface area contributed by atoms with Crippen LogP contribution < -0.4 is 5.32 Å². The fraction of sp³-hybridized carbons (Fsp3) is 0.913. The van der Waals surface area contributed by atoms with Gasteiger partial charge in [0.25, 0.3) is 5.79 Å². The van der Waals surface area contributed by atoms with Crippen molar-refractivity contribution in [3.8, 4) is 0 Å². The first-order valence-corrected chi connectivity index (χ1v) is 13.2. The molecule has 0 aliphatic carbocycles. The largest absolute Gasteiger partial charge is 0.477 e. The number of carbonyl (C=O) groups is 2. The monoisotopic (exact) mass is 633 g/mol. The van der Waals surface area contributed by atoms with Crippen LogP contribution in [0.1, 0.15) is 13.3 Å². The molecule has 0 saturated carbocycles. The lowest BCUT2D eigenvalue weighted by molar-refractivity contribution is -0.385. The smallest absolute Gasteiger partial charge is 0.364 e. The van der Waals surface area contributed by atoms with Gasteiger partial charge >= 0.3 is 5.97 Å². The minimum absolute atomic E-state index is 0.749. The number of nitrogens with one attached hydrogen (secondary N) is 1. The summed E-state index contributed by atoms with van der Waals surface area (Å²) in [6.07, 6.45) is -27.8. The average molecular weight is 634 g/mol. The summed E-state index contributed by atoms with van der Waals surface area (Å²) in [5.74, 6) is -5.74. The average Bonchev–Trinajstić information content (AvgIpc) is 2.96. The van der Waals surface area contributed by atoms with Crippen molar-refractivity contribution in [2.75, 3.05) is 19.8 Å². The molecule has 43 heavy (non-hydrogen) atoms. The highest BCUT2D eigenvalue weighted by Gasteiger charge is 2.60. The van der Waals surface area contributed by atoms with Crippen LogP contribution in [0.2, 0.25) is 0 Å². The maximum absolute atomic E-state index is 12.5. The van der Waals surface area contributed by atoms with Crippen LogP contribution in [0, 0.1) is 0 Å². The van der Waals surface area contributed by atoms with E-state index in [4.69, 9.17) is 23.7 Å². The molecule has 3 heterocycles. The number of aliphatic carboxylic acids is 1. The fourth-order valence-corrected chi connectivity index (χ4v) is 5.16. The molecule has 20 heteroatoms. The number of carbonyl (C=O) groups excluding carboxylic acids is 1. The van der Waals surface area contributed by atoms with Crippen molar-refractivity contribution in [1.82, 2.24) is 5.32 Å². The minimum Gasteiger partial charge on any atom is -0.477 e. The number of amides is 1. The summed E-state index contributed by atoms with van der Waals surface area (Å²) in [6.45, 7) is -1.85. The molecule has 3 rings (SSSR count). The van der Waals surface area contributed by atoms with E-state index < -0.39 is 136 Å². The highest BCUT2D eigenvalue weighted by molar-refractivity contribution is 5.76. The molecule has 16 atom stereocenters. The number of hydrogen-bond donors (Lipinski definition) is 13. The number of carboxylic acid groups (broad SMARTS) is 1. The number of aliphatic hydroxyl groups is 11. The van der Waals surface area contributed by atoms with E-state index in [0.29, 0.717) is 0 Å². The predicted molar refractivity (Wildman–Crippen MR) is 130 cm³/mol. The Labute approximate surface area is 243 Å². The summed E-state index contributed by atoms with van der Waals surface area (Å²) in [7, 11) is 0. The van der Waals surface area contributed by atoms with Crippen LogP contribution in [-0.2, 0) is 33.3 Å². The second kappa shape index (κ2) is 14.6. The second-order valence-corrected chi connectivity index (χ2v) is 10.5. The number of hydrogen-bond acceptors (Lipinski definition) is 18. The van der Waals surface area contributed by atoms with Gasteiger partial charge in [-0.25, -0.2) is 4.79 Å². The van der Waals surface area contributed by atoms with Gasteiger partial charge in [0.05, 0.1) is 32.0 Å². The number of aliphatic hydroxyl groups excluding tert-OH is 11. The van der Waals surface area contributed by atoms with Gasteiger partial charge in [0.2, 0.25) is 5.91 Å². The highest BCUT2D eigenvalue weighted by atomic mass is 16.8. The van der Waals surface area contributed by atoms with Gasteiger partial charge in [-0.15, -0.1) is 0 Å². The van der Waals surface area contributed by atoms with Gasteiger partial charge in [-0.2, -0.15) is 0 Å². The van der Waals surface area contributed by atoms with Gasteiger partial charge in [-0.05, 0) is 0 Å². The lowest BCUT2D eigenvalue weighted by Gasteiger charge is -2.50. The Morgan fingerprint density at radius 3 is 2.07 bits per heavy atom. The first-order valence-electron chi connectivity index (χ1n) is 13.2. The molecule has 0 bridgehead atoms. The second-order valence-electron chi connectivity index (χ2n) is 10.5. The molecule has 5 unspecified atom stereocenters. The number of carboxylic acids is 1. The molecular weight excluding hydrogens is 594 g/mol. The minimum atomic E-state index is -3.02. The summed E-state index contributed by atoms with van der Waals surface area (Å²) in [5.41, 5.74) is 0. The van der Waals surface area contributed by atoms with Crippen LogP contribution in [0.3, 0.4) is 0 Å². The van der Waals surface area contributed by atoms with Gasteiger partial charge in [0.15, 0.2) is 12.6 Å². The molecule has 3 aliphatic heterocycles. The molecule has 13 N–H and O–H groups in total. The Morgan fingerprint density at radius 1 is 0.907 bits per heavy atom. The van der Waals surface area contributed by atoms with E-state index >= 15 is 0 Å². The van der Waals surface area contributed by atoms with E-state index in [0.717, 1.165) is 6.92 Å². The van der Waals surface area contributed by atoms with Crippen molar-refractivity contribution < 1.29 is 94.6 Å². The molecule has 0 spiro atoms. The Kier molecular flexibility index (Phi) is 12.1. The van der Waals surface area contributed by atoms with E-state index in [1.807, 2.05) is 0 Å². The van der Waals surface area contributed by atoms with Crippen LogP contribution >= 0.6 is 0 Å². The number of rotatable bonds is 11. The molecular formula is C23H39NO19. The molecule has 0 aromatic carbocycles. The lowest BCUT2D eigenvalue weighted by Crippen LogP contribution is -2.70. The van der Waals surface area contributed by atoms with Crippen molar-refractivity contribution in [1.29, 1.82) is 0 Å². The summed E-state index contributed by atoms with van der Waals surface area (Å²) >= 11 is 0. The van der Waals surface area contributed by atoms with Crippen LogP contribution in [0.25, 0.3) is 0 Å². The van der Waals surface area contributed by atoms with Crippen molar-refractivity contribution in [2.45, 2.75) is 111 Å². The van der Waals surface area contributed by atoms with E-state index in [1.54, 1.807) is 0 Å². The standard InChI is InChI=1S/C23H39NO19/c1-6(28)24-11-7(29)2-23(22(37)38,42-18(11)12(31)8(30)3-25)43-19-13(32)9(4-26)40-21(16(19)35)41-17-10(5-27)39-20(36)15(34)14(17)33/h7-21,25-27,29-36H,2-5H2,1H3,(H,24,28)(H,37,38)/t7-,8-,9?,10?,11-,12+,13+,14-,15?,16?,17-,18?,19+,20+,21+,23+/m1/s1. The molecule has 1 amide bonds. The lowest BCUT2D eigenvalue weighted by atomic mass is 9.88. The van der Waals surface area contributed by atoms with Gasteiger partial charge in [0, 0.05) is 13.3 Å². The fourth-order valence-electron chi connectivity index (χ4n) is 5.16. The molecule has 0 radical (unpaired) electrons. The third-order valence-electron chi connectivity index (χ3n) is 7.47. The molecule has 3 fully saturated rings. The summed E-state index contributed by atoms with van der Waals surface area (Å²) in [6, 6.07) is -1.54. The maximum atomic E-state index is 12.5. The first kappa shape index (κ1) is 35.8. The van der Waals surface area contributed by atoms with E-state index in [9.17, 15) is 70.9 Å². The number of ether oxygens (including phenoxy) is 5. The topological polar surface area (TPSA) is 335 Å². The molecule has 250 valence electrons. The zero-order valence-electron chi connectivity index (χ0n) is 22.7. The van der Waals surface area contributed by atoms with Gasteiger partial charge < -0.3 is 90.3 Å². The van der Waals surface area contributed by atoms with Crippen LogP contribution in [0.15, 0.2) is 0 Å². The SMILES string of the molecule is CC(=O)N[C@H]1C([C@@H](O)[C@H](O)CO)O[C@@](O[C@@H]2C(O)[C@H](O[C@@H]3C(CO)O[C@H](O)C(O)[C@H]3O)OC(CO)[C@@H]2O)(C(=O)O)C[C@H]1O. The Morgan fingerprint density at radius 2 is 1.53 bits per heavy atom. The maximum Gasteiger partial charge on any atom is 0.364 e. The molecule has 3 aliphatic rings. The van der Waals surface area contributed by atoms with Crippen molar-refractivity contribution >= 4 is 11.9 Å². The Bertz CT molecular complexity index is 942. The third kappa shape index (κ3) is 7.41. The quantitative estimate of drug-likeness (QED) is 0.100. The zero-order chi connectivity index (χ0) is 32.4. The van der Waals surface area contributed by atoms with Crippen molar-refractivity contribution in [2.24, 2.45) is 0 Å². The van der Waals surface area contributed by atoms with Gasteiger partial charge in [0.1, 0.15) is 67.1 Å². The first-order chi connectivity index (χ1) is 20.1. The van der Waals surface area contributed by atoms with Crippen LogP contribution in [0.4, 0.5) is 0 Å². The van der Waals surface area contributed by atoms with E-state index in [1.165, 1.54) is 0 Å². The molecule has 0 aromatic rings. The molecule has 3 saturated heterocycles. The summed E-state index contributed by atoms with van der Waals surface area (Å²) < 4.78 is 26.8. The molecule has 20 nitrogen and oxygen atoms in total. The normalized spacial score (nSPS) is 45.3. The third-order valence-corrected chi connectivity index (χ3v) is 7.47. The van der Waals surface area contributed by atoms with Crippen molar-refractivity contribution in [3.05, 3.63) is 0 Å². The Hall–Kier alpha value is -1.70. The van der Waals surface area contributed by atoms with Crippen LogP contribution in [-0.4, -0.2) is 191 Å². The summed E-state index contributed by atoms with van der Waals surface area (Å²) in [5, 5.41) is 124. The predicted octanol–water partition coefficient (Wildman–Crippen LogP) is -8.22. The van der Waals surface area contributed by atoms with E-state index in [2.05, 4.69) is 5.32 Å². The van der Waals surface area contributed by atoms with Gasteiger partial charge in [-0.3, -0.25) is 4.79 Å².